The second-order valence-corrected chi connectivity index (χ2v) is 4.61. The van der Waals surface area contributed by atoms with Crippen LogP contribution in [-0.4, -0.2) is 37.8 Å². The smallest absolute Gasteiger partial charge is 0.340 e. The molecule has 1 aliphatic heterocycles. The molecule has 3 N–H and O–H groups in total. The third-order valence-corrected chi connectivity index (χ3v) is 3.17. The van der Waals surface area contributed by atoms with Gasteiger partial charge in [0.2, 0.25) is 0 Å². The first-order valence-electron chi connectivity index (χ1n) is 6.36. The van der Waals surface area contributed by atoms with Crippen molar-refractivity contribution in [2.75, 3.05) is 37.9 Å². The quantitative estimate of drug-likeness (QED) is 0.798. The Kier molecular flexibility index (Phi) is 4.57. The predicted molar refractivity (Wildman–Crippen MR) is 72.0 cm³/mol. The molecule has 0 amide bonds. The molecule has 1 atom stereocenters. The zero-order chi connectivity index (χ0) is 13.7. The SMILES string of the molecule is COC(=O)c1cc(NCC2CCCOC2)ncc1N. The summed E-state index contributed by atoms with van der Waals surface area (Å²) in [5.41, 5.74) is 6.34. The lowest BCUT2D eigenvalue weighted by atomic mass is 10.0. The number of rotatable bonds is 4. The molecule has 6 nitrogen and oxygen atoms in total. The van der Waals surface area contributed by atoms with Crippen LogP contribution in [-0.2, 0) is 9.47 Å². The van der Waals surface area contributed by atoms with Crippen LogP contribution in [0, 0.1) is 5.92 Å². The van der Waals surface area contributed by atoms with Gasteiger partial charge in [-0.2, -0.15) is 0 Å². The number of methoxy groups -OCH3 is 1. The Bertz CT molecular complexity index is 445. The van der Waals surface area contributed by atoms with Crippen molar-refractivity contribution in [3.8, 4) is 0 Å². The molecule has 1 aromatic heterocycles. The summed E-state index contributed by atoms with van der Waals surface area (Å²) in [6.07, 6.45) is 3.70. The maximum Gasteiger partial charge on any atom is 0.340 e. The van der Waals surface area contributed by atoms with Crippen LogP contribution >= 0.6 is 0 Å². The molecule has 2 rings (SSSR count). The van der Waals surface area contributed by atoms with Crippen LogP contribution in [0.1, 0.15) is 23.2 Å². The fourth-order valence-electron chi connectivity index (χ4n) is 2.07. The lowest BCUT2D eigenvalue weighted by molar-refractivity contribution is 0.0593. The number of nitrogens with one attached hydrogen (secondary N) is 1. The van der Waals surface area contributed by atoms with Crippen LogP contribution in [0.3, 0.4) is 0 Å². The third-order valence-electron chi connectivity index (χ3n) is 3.17. The van der Waals surface area contributed by atoms with Crippen molar-refractivity contribution < 1.29 is 14.3 Å². The number of nitrogen functional groups attached to an aromatic ring is 1. The molecule has 1 unspecified atom stereocenters. The number of aromatic nitrogens is 1. The number of carbonyl (C=O) groups excluding carboxylic acids is 1. The molecule has 1 fully saturated rings. The molecule has 0 aliphatic carbocycles. The highest BCUT2D eigenvalue weighted by Crippen LogP contribution is 2.18. The van der Waals surface area contributed by atoms with E-state index in [1.807, 2.05) is 0 Å². The molecule has 1 saturated heterocycles. The van der Waals surface area contributed by atoms with Gasteiger partial charge in [-0.05, 0) is 24.8 Å². The molecule has 1 aromatic rings. The maximum absolute atomic E-state index is 11.5. The lowest BCUT2D eigenvalue weighted by Crippen LogP contribution is -2.24. The maximum atomic E-state index is 11.5. The van der Waals surface area contributed by atoms with E-state index in [0.29, 0.717) is 23.0 Å². The molecule has 0 radical (unpaired) electrons. The van der Waals surface area contributed by atoms with E-state index < -0.39 is 5.97 Å². The van der Waals surface area contributed by atoms with Gasteiger partial charge in [-0.1, -0.05) is 0 Å². The van der Waals surface area contributed by atoms with Crippen molar-refractivity contribution in [2.24, 2.45) is 5.92 Å². The summed E-state index contributed by atoms with van der Waals surface area (Å²) in [5, 5.41) is 3.21. The molecule has 104 valence electrons. The molecule has 0 saturated carbocycles. The second-order valence-electron chi connectivity index (χ2n) is 4.61. The first-order chi connectivity index (χ1) is 9.20. The van der Waals surface area contributed by atoms with Gasteiger partial charge in [0.15, 0.2) is 0 Å². The number of anilines is 2. The van der Waals surface area contributed by atoms with Crippen LogP contribution in [0.5, 0.6) is 0 Å². The molecular formula is C13H19N3O3. The second kappa shape index (κ2) is 6.38. The van der Waals surface area contributed by atoms with Gasteiger partial charge in [0.25, 0.3) is 0 Å². The molecule has 0 bridgehead atoms. The van der Waals surface area contributed by atoms with Crippen LogP contribution in [0.2, 0.25) is 0 Å². The standard InChI is InChI=1S/C13H19N3O3/c1-18-13(17)10-5-12(16-7-11(10)14)15-6-9-3-2-4-19-8-9/h5,7,9H,2-4,6,8,14H2,1H3,(H,15,16). The number of nitrogens with two attached hydrogens (primary N) is 1. The monoisotopic (exact) mass is 265 g/mol. The van der Waals surface area contributed by atoms with Crippen LogP contribution in [0.4, 0.5) is 11.5 Å². The van der Waals surface area contributed by atoms with E-state index in [9.17, 15) is 4.79 Å². The van der Waals surface area contributed by atoms with Gasteiger partial charge in [-0.15, -0.1) is 0 Å². The fourth-order valence-corrected chi connectivity index (χ4v) is 2.07. The van der Waals surface area contributed by atoms with Crippen molar-refractivity contribution in [2.45, 2.75) is 12.8 Å². The molecule has 2 heterocycles. The van der Waals surface area contributed by atoms with E-state index >= 15 is 0 Å². The summed E-state index contributed by atoms with van der Waals surface area (Å²) in [6.45, 7) is 2.40. The van der Waals surface area contributed by atoms with E-state index in [1.54, 1.807) is 6.07 Å². The zero-order valence-corrected chi connectivity index (χ0v) is 11.0. The summed E-state index contributed by atoms with van der Waals surface area (Å²) >= 11 is 0. The van der Waals surface area contributed by atoms with Gasteiger partial charge in [0, 0.05) is 13.2 Å². The highest BCUT2D eigenvalue weighted by molar-refractivity contribution is 5.95. The normalized spacial score (nSPS) is 18.9. The topological polar surface area (TPSA) is 86.5 Å². The van der Waals surface area contributed by atoms with Gasteiger partial charge in [0.05, 0.1) is 31.2 Å². The highest BCUT2D eigenvalue weighted by Gasteiger charge is 2.15. The van der Waals surface area contributed by atoms with Crippen molar-refractivity contribution in [1.82, 2.24) is 4.98 Å². The highest BCUT2D eigenvalue weighted by atomic mass is 16.5. The van der Waals surface area contributed by atoms with Crippen molar-refractivity contribution in [1.29, 1.82) is 0 Å². The van der Waals surface area contributed by atoms with Gasteiger partial charge < -0.3 is 20.5 Å². The molecule has 1 aliphatic rings. The van der Waals surface area contributed by atoms with Crippen LogP contribution in [0.25, 0.3) is 0 Å². The first-order valence-corrected chi connectivity index (χ1v) is 6.36. The predicted octanol–water partition coefficient (Wildman–Crippen LogP) is 1.29. The van der Waals surface area contributed by atoms with Gasteiger partial charge in [-0.3, -0.25) is 0 Å². The average molecular weight is 265 g/mol. The number of nitrogens with zero attached hydrogens (tertiary/aromatic N) is 1. The Morgan fingerprint density at radius 1 is 1.68 bits per heavy atom. The molecule has 0 aromatic carbocycles. The van der Waals surface area contributed by atoms with Crippen molar-refractivity contribution in [3.05, 3.63) is 17.8 Å². The number of hydrogen-bond acceptors (Lipinski definition) is 6. The van der Waals surface area contributed by atoms with Crippen molar-refractivity contribution >= 4 is 17.5 Å². The molecule has 0 spiro atoms. The lowest BCUT2D eigenvalue weighted by Gasteiger charge is -2.22. The zero-order valence-electron chi connectivity index (χ0n) is 11.0. The van der Waals surface area contributed by atoms with Gasteiger partial charge in [0.1, 0.15) is 5.82 Å². The Labute approximate surface area is 112 Å². The molecule has 6 heteroatoms. The average Bonchev–Trinajstić information content (AvgIpc) is 2.46. The number of hydrogen-bond donors (Lipinski definition) is 2. The molecular weight excluding hydrogens is 246 g/mol. The van der Waals surface area contributed by atoms with Crippen LogP contribution in [0.15, 0.2) is 12.3 Å². The third kappa shape index (κ3) is 3.57. The van der Waals surface area contributed by atoms with Crippen LogP contribution < -0.4 is 11.1 Å². The number of pyridine rings is 1. The fraction of sp³-hybridized carbons (Fsp3) is 0.538. The van der Waals surface area contributed by atoms with E-state index in [-0.39, 0.29) is 0 Å². The number of ether oxygens (including phenoxy) is 2. The summed E-state index contributed by atoms with van der Waals surface area (Å²) < 4.78 is 10.1. The minimum Gasteiger partial charge on any atom is -0.465 e. The van der Waals surface area contributed by atoms with Gasteiger partial charge >= 0.3 is 5.97 Å². The van der Waals surface area contributed by atoms with E-state index in [4.69, 9.17) is 10.5 Å². The Balaban J connectivity index is 1.98. The number of carbonyl (C=O) groups is 1. The first kappa shape index (κ1) is 13.6. The Morgan fingerprint density at radius 2 is 2.53 bits per heavy atom. The summed E-state index contributed by atoms with van der Waals surface area (Å²) in [4.78, 5) is 15.7. The summed E-state index contributed by atoms with van der Waals surface area (Å²) in [6, 6.07) is 1.62. The summed E-state index contributed by atoms with van der Waals surface area (Å²) in [5.74, 6) is 0.652. The minimum atomic E-state index is -0.455. The van der Waals surface area contributed by atoms with E-state index in [0.717, 1.165) is 32.6 Å². The number of esters is 1. The largest absolute Gasteiger partial charge is 0.465 e. The minimum absolute atomic E-state index is 0.318. The summed E-state index contributed by atoms with van der Waals surface area (Å²) in [7, 11) is 1.33. The van der Waals surface area contributed by atoms with Gasteiger partial charge in [-0.25, -0.2) is 9.78 Å². The van der Waals surface area contributed by atoms with Crippen molar-refractivity contribution in [3.63, 3.8) is 0 Å². The Hall–Kier alpha value is -1.82. The van der Waals surface area contributed by atoms with E-state index in [1.165, 1.54) is 13.3 Å². The Morgan fingerprint density at radius 3 is 3.21 bits per heavy atom. The molecule has 19 heavy (non-hydrogen) atoms. The van der Waals surface area contributed by atoms with E-state index in [2.05, 4.69) is 15.0 Å².